The zero-order valence-electron chi connectivity index (χ0n) is 9.57. The van der Waals surface area contributed by atoms with Crippen LogP contribution in [0.4, 0.5) is 0 Å². The normalized spacial score (nSPS) is 14.2. The zero-order valence-corrected chi connectivity index (χ0v) is 9.57. The van der Waals surface area contributed by atoms with E-state index in [4.69, 9.17) is 0 Å². The average molecular weight is 202 g/mol. The highest BCUT2D eigenvalue weighted by Crippen LogP contribution is 2.11. The Morgan fingerprint density at radius 1 is 1.07 bits per heavy atom. The molecule has 1 nitrogen and oxygen atoms in total. The molecule has 0 aliphatic carbocycles. The maximum atomic E-state index is 9.77. The molecule has 80 valence electrons. The second-order valence-corrected chi connectivity index (χ2v) is 4.16. The summed E-state index contributed by atoms with van der Waals surface area (Å²) in [6, 6.07) is 9.85. The Kier molecular flexibility index (Phi) is 4.39. The highest BCUT2D eigenvalue weighted by atomic mass is 16.3. The molecule has 1 aromatic carbocycles. The molecule has 1 N–H and O–H groups in total. The van der Waals surface area contributed by atoms with Gasteiger partial charge in [-0.15, -0.1) is 0 Å². The molecule has 15 heavy (non-hydrogen) atoms. The second kappa shape index (κ2) is 5.58. The maximum Gasteiger partial charge on any atom is 0.0697 e. The van der Waals surface area contributed by atoms with Crippen LogP contribution < -0.4 is 0 Å². The summed E-state index contributed by atoms with van der Waals surface area (Å²) in [5.74, 6) is 6.42. The molecule has 0 bridgehead atoms. The lowest BCUT2D eigenvalue weighted by Crippen LogP contribution is -2.22. The average Bonchev–Trinajstić information content (AvgIpc) is 2.26. The molecule has 0 spiro atoms. The Balaban J connectivity index is 2.66. The molecular formula is C14H18O. The summed E-state index contributed by atoms with van der Waals surface area (Å²) in [5, 5.41) is 9.77. The second-order valence-electron chi connectivity index (χ2n) is 4.16. The van der Waals surface area contributed by atoms with Crippen molar-refractivity contribution in [3.8, 4) is 11.8 Å². The van der Waals surface area contributed by atoms with Gasteiger partial charge in [-0.1, -0.05) is 43.9 Å². The lowest BCUT2D eigenvalue weighted by Gasteiger charge is -2.17. The number of benzene rings is 1. The minimum Gasteiger partial charge on any atom is -0.392 e. The Morgan fingerprint density at radius 2 is 1.67 bits per heavy atom. The van der Waals surface area contributed by atoms with Crippen LogP contribution in [0.25, 0.3) is 0 Å². The van der Waals surface area contributed by atoms with Gasteiger partial charge in [-0.3, -0.25) is 0 Å². The van der Waals surface area contributed by atoms with Gasteiger partial charge in [0.05, 0.1) is 6.10 Å². The monoisotopic (exact) mass is 202 g/mol. The van der Waals surface area contributed by atoms with Gasteiger partial charge in [-0.05, 0) is 25.0 Å². The van der Waals surface area contributed by atoms with Gasteiger partial charge in [0.15, 0.2) is 0 Å². The summed E-state index contributed by atoms with van der Waals surface area (Å²) in [6.07, 6.45) is -0.346. The molecule has 0 radical (unpaired) electrons. The smallest absolute Gasteiger partial charge is 0.0697 e. The molecule has 1 rings (SSSR count). The van der Waals surface area contributed by atoms with Gasteiger partial charge in [0.1, 0.15) is 0 Å². The van der Waals surface area contributed by atoms with Gasteiger partial charge in [0, 0.05) is 11.5 Å². The van der Waals surface area contributed by atoms with E-state index in [1.807, 2.05) is 51.1 Å². The number of aliphatic hydroxyl groups is 1. The number of rotatable bonds is 2. The first-order valence-corrected chi connectivity index (χ1v) is 5.36. The lowest BCUT2D eigenvalue weighted by atomic mass is 9.95. The molecule has 0 fully saturated rings. The van der Waals surface area contributed by atoms with Crippen molar-refractivity contribution in [3.05, 3.63) is 35.9 Å². The highest BCUT2D eigenvalue weighted by molar-refractivity contribution is 5.34. The molecule has 0 amide bonds. The molecular weight excluding hydrogens is 184 g/mol. The molecule has 0 aromatic heterocycles. The quantitative estimate of drug-likeness (QED) is 0.731. The summed E-state index contributed by atoms with van der Waals surface area (Å²) in [6.45, 7) is 5.97. The fraction of sp³-hybridized carbons (Fsp3) is 0.429. The van der Waals surface area contributed by atoms with Crippen LogP contribution >= 0.6 is 0 Å². The van der Waals surface area contributed by atoms with Crippen molar-refractivity contribution in [2.75, 3.05) is 0 Å². The number of hydrogen-bond acceptors (Lipinski definition) is 1. The van der Waals surface area contributed by atoms with E-state index in [1.165, 1.54) is 0 Å². The molecule has 1 heteroatoms. The van der Waals surface area contributed by atoms with Gasteiger partial charge >= 0.3 is 0 Å². The molecule has 2 atom stereocenters. The first kappa shape index (κ1) is 11.8. The van der Waals surface area contributed by atoms with Crippen molar-refractivity contribution in [1.82, 2.24) is 0 Å². The largest absolute Gasteiger partial charge is 0.392 e. The maximum absolute atomic E-state index is 9.77. The standard InChI is InChI=1S/C14H18O/c1-11(2)14(15)12(3)9-10-13-7-5-4-6-8-13/h4-8,11-12,14-15H,1-3H3/t12-,14+/m1/s1. The molecule has 1 aromatic rings. The summed E-state index contributed by atoms with van der Waals surface area (Å²) >= 11 is 0. The third-order valence-corrected chi connectivity index (χ3v) is 2.41. The van der Waals surface area contributed by atoms with Crippen LogP contribution in [0.2, 0.25) is 0 Å². The SMILES string of the molecule is CC(C)[C@H](O)[C@H](C)C#Cc1ccccc1. The Bertz CT molecular complexity index is 343. The van der Waals surface area contributed by atoms with Gasteiger partial charge in [-0.25, -0.2) is 0 Å². The molecule has 0 aliphatic rings. The topological polar surface area (TPSA) is 20.2 Å². The van der Waals surface area contributed by atoms with Crippen molar-refractivity contribution < 1.29 is 5.11 Å². The Labute approximate surface area is 92.1 Å². The van der Waals surface area contributed by atoms with Crippen LogP contribution in [-0.4, -0.2) is 11.2 Å². The van der Waals surface area contributed by atoms with E-state index in [2.05, 4.69) is 11.8 Å². The van der Waals surface area contributed by atoms with E-state index >= 15 is 0 Å². The van der Waals surface area contributed by atoms with Crippen LogP contribution in [0.1, 0.15) is 26.3 Å². The Morgan fingerprint density at radius 3 is 2.20 bits per heavy atom. The highest BCUT2D eigenvalue weighted by Gasteiger charge is 2.15. The number of aliphatic hydroxyl groups excluding tert-OH is 1. The van der Waals surface area contributed by atoms with Crippen LogP contribution in [0.3, 0.4) is 0 Å². The number of hydrogen-bond donors (Lipinski definition) is 1. The van der Waals surface area contributed by atoms with Crippen LogP contribution in [0.5, 0.6) is 0 Å². The first-order valence-electron chi connectivity index (χ1n) is 5.36. The third kappa shape index (κ3) is 3.77. The van der Waals surface area contributed by atoms with E-state index < -0.39 is 0 Å². The van der Waals surface area contributed by atoms with Crippen LogP contribution in [-0.2, 0) is 0 Å². The minimum absolute atomic E-state index is 0.0187. The van der Waals surface area contributed by atoms with Gasteiger partial charge in [0.2, 0.25) is 0 Å². The summed E-state index contributed by atoms with van der Waals surface area (Å²) in [5.41, 5.74) is 1.00. The predicted molar refractivity (Wildman–Crippen MR) is 63.3 cm³/mol. The minimum atomic E-state index is -0.346. The summed E-state index contributed by atoms with van der Waals surface area (Å²) in [7, 11) is 0. The first-order chi connectivity index (χ1) is 7.11. The van der Waals surface area contributed by atoms with Crippen molar-refractivity contribution in [2.45, 2.75) is 26.9 Å². The zero-order chi connectivity index (χ0) is 11.3. The van der Waals surface area contributed by atoms with Gasteiger partial charge in [0.25, 0.3) is 0 Å². The van der Waals surface area contributed by atoms with Crippen LogP contribution in [0, 0.1) is 23.7 Å². The molecule has 0 heterocycles. The van der Waals surface area contributed by atoms with Crippen LogP contribution in [0.15, 0.2) is 30.3 Å². The lowest BCUT2D eigenvalue weighted by molar-refractivity contribution is 0.0946. The van der Waals surface area contributed by atoms with Crippen molar-refractivity contribution >= 4 is 0 Å². The van der Waals surface area contributed by atoms with Gasteiger partial charge in [-0.2, -0.15) is 0 Å². The van der Waals surface area contributed by atoms with E-state index in [-0.39, 0.29) is 17.9 Å². The summed E-state index contributed by atoms with van der Waals surface area (Å²) in [4.78, 5) is 0. The van der Waals surface area contributed by atoms with Crippen molar-refractivity contribution in [2.24, 2.45) is 11.8 Å². The fourth-order valence-electron chi connectivity index (χ4n) is 1.38. The van der Waals surface area contributed by atoms with Crippen molar-refractivity contribution in [1.29, 1.82) is 0 Å². The molecule has 0 saturated heterocycles. The van der Waals surface area contributed by atoms with E-state index in [0.717, 1.165) is 5.56 Å². The predicted octanol–water partition coefficient (Wildman–Crippen LogP) is 2.69. The molecule has 0 aliphatic heterocycles. The van der Waals surface area contributed by atoms with E-state index in [1.54, 1.807) is 0 Å². The van der Waals surface area contributed by atoms with Crippen molar-refractivity contribution in [3.63, 3.8) is 0 Å². The molecule has 0 unspecified atom stereocenters. The third-order valence-electron chi connectivity index (χ3n) is 2.41. The van der Waals surface area contributed by atoms with Gasteiger partial charge < -0.3 is 5.11 Å². The fourth-order valence-corrected chi connectivity index (χ4v) is 1.38. The van der Waals surface area contributed by atoms with E-state index in [9.17, 15) is 5.11 Å². The van der Waals surface area contributed by atoms with E-state index in [0.29, 0.717) is 0 Å². The molecule has 0 saturated carbocycles. The summed E-state index contributed by atoms with van der Waals surface area (Å²) < 4.78 is 0. The Hall–Kier alpha value is -1.26.